The quantitative estimate of drug-likeness (QED) is 0.839. The largest absolute Gasteiger partial charge is 0.481 e. The molecule has 0 heterocycles. The molecule has 2 N–H and O–H groups in total. The highest BCUT2D eigenvalue weighted by atomic mass is 19.3. The Labute approximate surface area is 95.7 Å². The highest BCUT2D eigenvalue weighted by Gasteiger charge is 2.17. The summed E-state index contributed by atoms with van der Waals surface area (Å²) in [5.74, 6) is -1.19. The molecule has 0 amide bonds. The average Bonchev–Trinajstić information content (AvgIpc) is 2.28. The molecule has 6 heteroatoms. The SMILES string of the molecule is N#Cc1cc(C(F)F)cc(CO)c1CC(=O)O. The van der Waals surface area contributed by atoms with Crippen molar-refractivity contribution < 1.29 is 23.8 Å². The lowest BCUT2D eigenvalue weighted by Crippen LogP contribution is -2.07. The van der Waals surface area contributed by atoms with Crippen molar-refractivity contribution in [2.75, 3.05) is 0 Å². The second-order valence-corrected chi connectivity index (χ2v) is 3.35. The fraction of sp³-hybridized carbons (Fsp3) is 0.273. The van der Waals surface area contributed by atoms with Gasteiger partial charge < -0.3 is 10.2 Å². The van der Waals surface area contributed by atoms with Gasteiger partial charge in [-0.25, -0.2) is 8.78 Å². The van der Waals surface area contributed by atoms with Crippen molar-refractivity contribution in [2.45, 2.75) is 19.5 Å². The molecular formula is C11H9F2NO3. The van der Waals surface area contributed by atoms with Crippen molar-refractivity contribution in [3.63, 3.8) is 0 Å². The third-order valence-electron chi connectivity index (χ3n) is 2.24. The number of hydrogen-bond donors (Lipinski definition) is 2. The first-order valence-corrected chi connectivity index (χ1v) is 4.66. The zero-order valence-corrected chi connectivity index (χ0v) is 8.65. The Bertz CT molecular complexity index is 480. The van der Waals surface area contributed by atoms with E-state index in [1.807, 2.05) is 0 Å². The van der Waals surface area contributed by atoms with Crippen LogP contribution in [0, 0.1) is 11.3 Å². The summed E-state index contributed by atoms with van der Waals surface area (Å²) < 4.78 is 25.0. The Hall–Kier alpha value is -2.00. The van der Waals surface area contributed by atoms with E-state index in [-0.39, 0.29) is 16.7 Å². The summed E-state index contributed by atoms with van der Waals surface area (Å²) in [6, 6.07) is 3.63. The number of carboxylic acid groups (broad SMARTS) is 1. The summed E-state index contributed by atoms with van der Waals surface area (Å²) in [4.78, 5) is 10.6. The number of nitrogens with zero attached hydrogens (tertiary/aromatic N) is 1. The van der Waals surface area contributed by atoms with Crippen molar-refractivity contribution in [2.24, 2.45) is 0 Å². The summed E-state index contributed by atoms with van der Waals surface area (Å²) in [5, 5.41) is 26.4. The normalized spacial score (nSPS) is 10.3. The van der Waals surface area contributed by atoms with E-state index in [2.05, 4.69) is 0 Å². The van der Waals surface area contributed by atoms with E-state index >= 15 is 0 Å². The van der Waals surface area contributed by atoms with E-state index in [4.69, 9.17) is 15.5 Å². The minimum atomic E-state index is -2.77. The zero-order valence-electron chi connectivity index (χ0n) is 8.65. The van der Waals surface area contributed by atoms with Gasteiger partial charge in [0.05, 0.1) is 24.7 Å². The number of halogens is 2. The van der Waals surface area contributed by atoms with Gasteiger partial charge in [-0.2, -0.15) is 5.26 Å². The van der Waals surface area contributed by atoms with E-state index in [0.29, 0.717) is 0 Å². The van der Waals surface area contributed by atoms with Crippen LogP contribution in [0.3, 0.4) is 0 Å². The molecule has 0 bridgehead atoms. The van der Waals surface area contributed by atoms with Crippen LogP contribution in [-0.4, -0.2) is 16.2 Å². The minimum Gasteiger partial charge on any atom is -0.481 e. The van der Waals surface area contributed by atoms with Crippen LogP contribution in [0.2, 0.25) is 0 Å². The maximum absolute atomic E-state index is 12.5. The van der Waals surface area contributed by atoms with Gasteiger partial charge in [0.25, 0.3) is 6.43 Å². The molecule has 0 aliphatic heterocycles. The van der Waals surface area contributed by atoms with E-state index in [1.165, 1.54) is 0 Å². The summed E-state index contributed by atoms with van der Waals surface area (Å²) in [6.07, 6.45) is -3.26. The zero-order chi connectivity index (χ0) is 13.0. The average molecular weight is 241 g/mol. The van der Waals surface area contributed by atoms with Gasteiger partial charge in [0.1, 0.15) is 0 Å². The Morgan fingerprint density at radius 3 is 2.53 bits per heavy atom. The van der Waals surface area contributed by atoms with Crippen LogP contribution < -0.4 is 0 Å². The Kier molecular flexibility index (Phi) is 4.12. The number of aliphatic carboxylic acids is 1. The molecule has 0 radical (unpaired) electrons. The minimum absolute atomic E-state index is 0.0433. The van der Waals surface area contributed by atoms with Crippen molar-refractivity contribution in [1.82, 2.24) is 0 Å². The molecule has 0 aliphatic rings. The summed E-state index contributed by atoms with van der Waals surface area (Å²) in [5.41, 5.74) is -0.428. The third kappa shape index (κ3) is 2.98. The highest BCUT2D eigenvalue weighted by Crippen LogP contribution is 2.25. The monoisotopic (exact) mass is 241 g/mol. The van der Waals surface area contributed by atoms with Gasteiger partial charge in [0.15, 0.2) is 0 Å². The summed E-state index contributed by atoms with van der Waals surface area (Å²) >= 11 is 0. The summed E-state index contributed by atoms with van der Waals surface area (Å²) in [7, 11) is 0. The molecule has 0 atom stereocenters. The van der Waals surface area contributed by atoms with Gasteiger partial charge in [-0.05, 0) is 23.3 Å². The predicted octanol–water partition coefficient (Wildman–Crippen LogP) is 1.62. The molecule has 1 aromatic rings. The van der Waals surface area contributed by atoms with Gasteiger partial charge in [-0.15, -0.1) is 0 Å². The number of rotatable bonds is 4. The molecule has 0 saturated heterocycles. The molecule has 1 aromatic carbocycles. The predicted molar refractivity (Wildman–Crippen MR) is 53.4 cm³/mol. The number of carbonyl (C=O) groups is 1. The van der Waals surface area contributed by atoms with Crippen LogP contribution in [-0.2, 0) is 17.8 Å². The molecule has 1 rings (SSSR count). The molecule has 4 nitrogen and oxygen atoms in total. The van der Waals surface area contributed by atoms with Gasteiger partial charge in [0.2, 0.25) is 0 Å². The lowest BCUT2D eigenvalue weighted by molar-refractivity contribution is -0.136. The second-order valence-electron chi connectivity index (χ2n) is 3.35. The highest BCUT2D eigenvalue weighted by molar-refractivity contribution is 5.72. The molecular weight excluding hydrogens is 232 g/mol. The number of carboxylic acids is 1. The first kappa shape index (κ1) is 13.1. The molecule has 0 fully saturated rings. The molecule has 0 aromatic heterocycles. The lowest BCUT2D eigenvalue weighted by atomic mass is 9.96. The molecule has 0 unspecified atom stereocenters. The molecule has 0 aliphatic carbocycles. The van der Waals surface area contributed by atoms with Crippen LogP contribution in [0.5, 0.6) is 0 Å². The number of nitriles is 1. The van der Waals surface area contributed by atoms with E-state index in [1.54, 1.807) is 6.07 Å². The Balaban J connectivity index is 3.37. The van der Waals surface area contributed by atoms with E-state index < -0.39 is 31.0 Å². The maximum Gasteiger partial charge on any atom is 0.307 e. The van der Waals surface area contributed by atoms with Crippen molar-refractivity contribution in [1.29, 1.82) is 5.26 Å². The van der Waals surface area contributed by atoms with Gasteiger partial charge in [-0.1, -0.05) is 0 Å². The van der Waals surface area contributed by atoms with Gasteiger partial charge in [-0.3, -0.25) is 4.79 Å². The molecule has 17 heavy (non-hydrogen) atoms. The smallest absolute Gasteiger partial charge is 0.307 e. The van der Waals surface area contributed by atoms with Crippen molar-refractivity contribution in [3.05, 3.63) is 34.4 Å². The van der Waals surface area contributed by atoms with E-state index in [0.717, 1.165) is 12.1 Å². The standard InChI is InChI=1S/C11H9F2NO3/c12-11(13)6-1-7(4-14)9(3-10(16)17)8(2-6)5-15/h1-2,11,15H,3,5H2,(H,16,17). The van der Waals surface area contributed by atoms with Crippen LogP contribution in [0.25, 0.3) is 0 Å². The van der Waals surface area contributed by atoms with Crippen LogP contribution in [0.1, 0.15) is 28.7 Å². The van der Waals surface area contributed by atoms with Crippen LogP contribution >= 0.6 is 0 Å². The number of benzene rings is 1. The molecule has 0 saturated carbocycles. The Morgan fingerprint density at radius 1 is 1.47 bits per heavy atom. The van der Waals surface area contributed by atoms with E-state index in [9.17, 15) is 13.6 Å². The number of aliphatic hydroxyl groups excluding tert-OH is 1. The second kappa shape index (κ2) is 5.37. The Morgan fingerprint density at radius 2 is 2.12 bits per heavy atom. The van der Waals surface area contributed by atoms with Gasteiger partial charge >= 0.3 is 5.97 Å². The lowest BCUT2D eigenvalue weighted by Gasteiger charge is -2.10. The fourth-order valence-corrected chi connectivity index (χ4v) is 1.48. The number of alkyl halides is 2. The fourth-order valence-electron chi connectivity index (χ4n) is 1.48. The number of aliphatic hydroxyl groups is 1. The third-order valence-corrected chi connectivity index (χ3v) is 2.24. The van der Waals surface area contributed by atoms with Crippen molar-refractivity contribution >= 4 is 5.97 Å². The number of hydrogen-bond acceptors (Lipinski definition) is 3. The van der Waals surface area contributed by atoms with Gasteiger partial charge in [0, 0.05) is 5.56 Å². The summed E-state index contributed by atoms with van der Waals surface area (Å²) in [6.45, 7) is -0.585. The van der Waals surface area contributed by atoms with Crippen LogP contribution in [0.4, 0.5) is 8.78 Å². The topological polar surface area (TPSA) is 81.3 Å². The van der Waals surface area contributed by atoms with Crippen LogP contribution in [0.15, 0.2) is 12.1 Å². The first-order chi connectivity index (χ1) is 7.99. The van der Waals surface area contributed by atoms with Crippen molar-refractivity contribution in [3.8, 4) is 6.07 Å². The maximum atomic E-state index is 12.5. The first-order valence-electron chi connectivity index (χ1n) is 4.66. The molecule has 90 valence electrons. The molecule has 0 spiro atoms.